The van der Waals surface area contributed by atoms with Crippen molar-refractivity contribution in [2.45, 2.75) is 20.3 Å². The van der Waals surface area contributed by atoms with Crippen LogP contribution in [0.5, 0.6) is 0 Å². The number of pyridine rings is 1. The van der Waals surface area contributed by atoms with Crippen LogP contribution in [-0.4, -0.2) is 17.4 Å². The number of rotatable bonds is 4. The van der Waals surface area contributed by atoms with Crippen molar-refractivity contribution in [3.8, 4) is 0 Å². The van der Waals surface area contributed by atoms with Gasteiger partial charge in [0.15, 0.2) is 0 Å². The van der Waals surface area contributed by atoms with E-state index in [0.29, 0.717) is 12.4 Å². The molecule has 0 aliphatic heterocycles. The van der Waals surface area contributed by atoms with Crippen LogP contribution in [0.25, 0.3) is 0 Å². The van der Waals surface area contributed by atoms with E-state index in [9.17, 15) is 4.79 Å². The second kappa shape index (κ2) is 5.96. The molecule has 0 aromatic carbocycles. The molecule has 0 aliphatic rings. The normalized spacial score (nSPS) is 12.2. The van der Waals surface area contributed by atoms with Gasteiger partial charge >= 0.3 is 0 Å². The summed E-state index contributed by atoms with van der Waals surface area (Å²) >= 11 is 3.32. The van der Waals surface area contributed by atoms with Gasteiger partial charge in [-0.1, -0.05) is 6.92 Å². The Morgan fingerprint density at radius 3 is 2.88 bits per heavy atom. The van der Waals surface area contributed by atoms with Gasteiger partial charge in [-0.3, -0.25) is 4.79 Å². The minimum Gasteiger partial charge on any atom is -0.330 e. The van der Waals surface area contributed by atoms with Gasteiger partial charge in [-0.15, -0.1) is 0 Å². The Morgan fingerprint density at radius 2 is 2.38 bits per heavy atom. The molecule has 0 bridgehead atoms. The van der Waals surface area contributed by atoms with Crippen LogP contribution in [0.3, 0.4) is 0 Å². The van der Waals surface area contributed by atoms with Gasteiger partial charge in [0, 0.05) is 17.2 Å². The molecule has 1 aromatic heterocycles. The zero-order chi connectivity index (χ0) is 12.1. The summed E-state index contributed by atoms with van der Waals surface area (Å²) in [6.07, 6.45) is 2.39. The highest BCUT2D eigenvalue weighted by atomic mass is 79.9. The van der Waals surface area contributed by atoms with Crippen molar-refractivity contribution in [2.75, 3.05) is 11.9 Å². The maximum atomic E-state index is 11.8. The number of nitrogens with two attached hydrogens (primary N) is 1. The highest BCUT2D eigenvalue weighted by Gasteiger charge is 2.15. The first-order valence-corrected chi connectivity index (χ1v) is 6.00. The lowest BCUT2D eigenvalue weighted by Gasteiger charge is -2.13. The molecule has 88 valence electrons. The molecule has 0 aliphatic carbocycles. The second-order valence-corrected chi connectivity index (χ2v) is 4.56. The first-order chi connectivity index (χ1) is 7.58. The quantitative estimate of drug-likeness (QED) is 0.890. The summed E-state index contributed by atoms with van der Waals surface area (Å²) in [4.78, 5) is 15.9. The van der Waals surface area contributed by atoms with E-state index >= 15 is 0 Å². The largest absolute Gasteiger partial charge is 0.330 e. The molecule has 1 aromatic rings. The summed E-state index contributed by atoms with van der Waals surface area (Å²) in [7, 11) is 0. The topological polar surface area (TPSA) is 68.0 Å². The fraction of sp³-hybridized carbons (Fsp3) is 0.455. The number of hydrogen-bond donors (Lipinski definition) is 2. The Hall–Kier alpha value is -0.940. The zero-order valence-corrected chi connectivity index (χ0v) is 11.0. The van der Waals surface area contributed by atoms with Crippen LogP contribution in [0.1, 0.15) is 18.9 Å². The third kappa shape index (κ3) is 3.28. The molecule has 0 spiro atoms. The summed E-state index contributed by atoms with van der Waals surface area (Å²) in [5.74, 6) is 0.382. The van der Waals surface area contributed by atoms with Crippen LogP contribution in [0, 0.1) is 12.8 Å². The monoisotopic (exact) mass is 285 g/mol. The van der Waals surface area contributed by atoms with Crippen molar-refractivity contribution < 1.29 is 4.79 Å². The minimum absolute atomic E-state index is 0.0667. The van der Waals surface area contributed by atoms with E-state index in [1.165, 1.54) is 0 Å². The number of hydrogen-bond acceptors (Lipinski definition) is 3. The Balaban J connectivity index is 2.76. The van der Waals surface area contributed by atoms with Crippen molar-refractivity contribution in [2.24, 2.45) is 11.7 Å². The molecule has 0 saturated carbocycles. The fourth-order valence-corrected chi connectivity index (χ4v) is 1.79. The molecule has 3 N–H and O–H groups in total. The van der Waals surface area contributed by atoms with Gasteiger partial charge in [0.25, 0.3) is 0 Å². The summed E-state index contributed by atoms with van der Waals surface area (Å²) in [6.45, 7) is 4.20. The van der Waals surface area contributed by atoms with Gasteiger partial charge in [0.2, 0.25) is 5.91 Å². The molecule has 1 heterocycles. The van der Waals surface area contributed by atoms with E-state index in [1.54, 1.807) is 6.20 Å². The number of anilines is 1. The zero-order valence-electron chi connectivity index (χ0n) is 9.46. The number of aromatic nitrogens is 1. The average molecular weight is 286 g/mol. The lowest BCUT2D eigenvalue weighted by Crippen LogP contribution is -2.29. The van der Waals surface area contributed by atoms with Crippen molar-refractivity contribution in [1.82, 2.24) is 4.98 Å². The van der Waals surface area contributed by atoms with E-state index in [4.69, 9.17) is 5.73 Å². The number of carbonyl (C=O) groups is 1. The van der Waals surface area contributed by atoms with Crippen molar-refractivity contribution in [3.63, 3.8) is 0 Å². The standard InChI is InChI=1S/C11H16BrN3O/c1-3-8(5-13)11(16)15-10-7(2)4-9(12)6-14-10/h4,6,8H,3,5,13H2,1-2H3,(H,14,15,16). The smallest absolute Gasteiger partial charge is 0.229 e. The van der Waals surface area contributed by atoms with Gasteiger partial charge in [0.05, 0.1) is 5.92 Å². The molecule has 0 saturated heterocycles. The number of carbonyl (C=O) groups excluding carboxylic acids is 1. The van der Waals surface area contributed by atoms with E-state index in [2.05, 4.69) is 26.2 Å². The Morgan fingerprint density at radius 1 is 1.69 bits per heavy atom. The highest BCUT2D eigenvalue weighted by Crippen LogP contribution is 2.17. The van der Waals surface area contributed by atoms with Gasteiger partial charge in [-0.25, -0.2) is 4.98 Å². The van der Waals surface area contributed by atoms with Crippen LogP contribution < -0.4 is 11.1 Å². The van der Waals surface area contributed by atoms with Gasteiger partial charge in [-0.2, -0.15) is 0 Å². The van der Waals surface area contributed by atoms with Crippen LogP contribution in [0.2, 0.25) is 0 Å². The van der Waals surface area contributed by atoms with Crippen molar-refractivity contribution in [3.05, 3.63) is 22.3 Å². The van der Waals surface area contributed by atoms with Crippen LogP contribution in [0.4, 0.5) is 5.82 Å². The average Bonchev–Trinajstić information content (AvgIpc) is 2.24. The van der Waals surface area contributed by atoms with Gasteiger partial charge < -0.3 is 11.1 Å². The third-order valence-corrected chi connectivity index (χ3v) is 2.87. The van der Waals surface area contributed by atoms with Crippen molar-refractivity contribution in [1.29, 1.82) is 0 Å². The maximum absolute atomic E-state index is 11.8. The first-order valence-electron chi connectivity index (χ1n) is 5.21. The molecule has 1 rings (SSSR count). The number of nitrogens with zero attached hydrogens (tertiary/aromatic N) is 1. The first kappa shape index (κ1) is 13.1. The Bertz CT molecular complexity index is 377. The predicted molar refractivity (Wildman–Crippen MR) is 68.1 cm³/mol. The molecule has 1 atom stereocenters. The number of halogens is 1. The van der Waals surface area contributed by atoms with E-state index < -0.39 is 0 Å². The number of nitrogens with one attached hydrogen (secondary N) is 1. The molecule has 1 amide bonds. The van der Waals surface area contributed by atoms with E-state index in [-0.39, 0.29) is 11.8 Å². The van der Waals surface area contributed by atoms with Crippen LogP contribution >= 0.6 is 15.9 Å². The molecule has 16 heavy (non-hydrogen) atoms. The van der Waals surface area contributed by atoms with Crippen molar-refractivity contribution >= 4 is 27.7 Å². The maximum Gasteiger partial charge on any atom is 0.229 e. The van der Waals surface area contributed by atoms with Gasteiger partial charge in [-0.05, 0) is 40.9 Å². The minimum atomic E-state index is -0.148. The summed E-state index contributed by atoms with van der Waals surface area (Å²) in [5, 5.41) is 2.79. The van der Waals surface area contributed by atoms with E-state index in [1.807, 2.05) is 19.9 Å². The van der Waals surface area contributed by atoms with Crippen LogP contribution in [0.15, 0.2) is 16.7 Å². The summed E-state index contributed by atoms with van der Waals surface area (Å²) < 4.78 is 0.897. The second-order valence-electron chi connectivity index (χ2n) is 3.65. The lowest BCUT2D eigenvalue weighted by atomic mass is 10.1. The highest BCUT2D eigenvalue weighted by molar-refractivity contribution is 9.10. The molecule has 5 heteroatoms. The summed E-state index contributed by atoms with van der Waals surface area (Å²) in [5.41, 5.74) is 6.44. The molecule has 4 nitrogen and oxygen atoms in total. The molecular weight excluding hydrogens is 270 g/mol. The van der Waals surface area contributed by atoms with E-state index in [0.717, 1.165) is 16.5 Å². The van der Waals surface area contributed by atoms with Gasteiger partial charge in [0.1, 0.15) is 5.82 Å². The van der Waals surface area contributed by atoms with Crippen LogP contribution in [-0.2, 0) is 4.79 Å². The SMILES string of the molecule is CCC(CN)C(=O)Nc1ncc(Br)cc1C. The number of amides is 1. The number of aryl methyl sites for hydroxylation is 1. The fourth-order valence-electron chi connectivity index (χ4n) is 1.35. The molecule has 1 unspecified atom stereocenters. The lowest BCUT2D eigenvalue weighted by molar-refractivity contribution is -0.119. The summed E-state index contributed by atoms with van der Waals surface area (Å²) in [6, 6.07) is 1.91. The predicted octanol–water partition coefficient (Wildman–Crippen LogP) is 2.08. The molecule has 0 radical (unpaired) electrons. The Labute approximate surface area is 104 Å². The molecular formula is C11H16BrN3O. The molecule has 0 fully saturated rings. The third-order valence-electron chi connectivity index (χ3n) is 2.43. The Kier molecular flexibility index (Phi) is 4.89.